The van der Waals surface area contributed by atoms with Crippen LogP contribution in [0.5, 0.6) is 0 Å². The molecule has 7 heteroatoms. The molecule has 1 rings (SSSR count). The molecule has 0 saturated heterocycles. The first kappa shape index (κ1) is 15.3. The van der Waals surface area contributed by atoms with Gasteiger partial charge in [-0.15, -0.1) is 0 Å². The molecule has 1 aromatic rings. The van der Waals surface area contributed by atoms with Crippen molar-refractivity contribution >= 4 is 38.9 Å². The Kier molecular flexibility index (Phi) is 5.47. The highest BCUT2D eigenvalue weighted by molar-refractivity contribution is 7.89. The molecule has 1 aromatic carbocycles. The van der Waals surface area contributed by atoms with E-state index in [0.717, 1.165) is 0 Å². The summed E-state index contributed by atoms with van der Waals surface area (Å²) in [6.07, 6.45) is 4.30. The van der Waals surface area contributed by atoms with Gasteiger partial charge in [0.1, 0.15) is 4.90 Å². The van der Waals surface area contributed by atoms with E-state index in [2.05, 4.69) is 4.72 Å². The van der Waals surface area contributed by atoms with Crippen LogP contribution in [-0.4, -0.2) is 15.0 Å². The molecule has 0 atom stereocenters. The zero-order valence-corrected chi connectivity index (χ0v) is 12.1. The molecule has 0 aromatic heterocycles. The summed E-state index contributed by atoms with van der Waals surface area (Å²) in [5.74, 6) is 0. The average Bonchev–Trinajstić information content (AvgIpc) is 2.22. The number of benzene rings is 1. The molecule has 0 radical (unpaired) electrons. The summed E-state index contributed by atoms with van der Waals surface area (Å²) in [5.41, 5.74) is 5.67. The monoisotopic (exact) mass is 308 g/mol. The predicted octanol–water partition coefficient (Wildman–Crippen LogP) is 2.82. The van der Waals surface area contributed by atoms with Gasteiger partial charge in [-0.3, -0.25) is 0 Å². The van der Waals surface area contributed by atoms with Crippen LogP contribution in [0.2, 0.25) is 10.0 Å². The van der Waals surface area contributed by atoms with Crippen LogP contribution < -0.4 is 10.5 Å². The molecule has 0 fully saturated rings. The summed E-state index contributed by atoms with van der Waals surface area (Å²) < 4.78 is 26.4. The number of halogens is 2. The second kappa shape index (κ2) is 6.43. The minimum Gasteiger partial charge on any atom is -0.398 e. The number of anilines is 1. The number of rotatable bonds is 5. The van der Waals surface area contributed by atoms with Crippen molar-refractivity contribution in [1.82, 2.24) is 4.72 Å². The van der Waals surface area contributed by atoms with Gasteiger partial charge in [-0.1, -0.05) is 35.4 Å². The Balaban J connectivity index is 2.98. The van der Waals surface area contributed by atoms with Crippen molar-refractivity contribution in [2.45, 2.75) is 18.2 Å². The maximum atomic E-state index is 12.0. The smallest absolute Gasteiger partial charge is 0.244 e. The minimum absolute atomic E-state index is 0.0125. The lowest BCUT2D eigenvalue weighted by molar-refractivity contribution is 0.582. The third-order valence-corrected chi connectivity index (χ3v) is 4.35. The molecule has 4 nitrogen and oxygen atoms in total. The Morgan fingerprint density at radius 2 is 2.06 bits per heavy atom. The Bertz CT molecular complexity index is 533. The molecular weight excluding hydrogens is 295 g/mol. The number of allylic oxidation sites excluding steroid dienone is 1. The Labute approximate surface area is 117 Å². The fraction of sp³-hybridized carbons (Fsp3) is 0.273. The van der Waals surface area contributed by atoms with Gasteiger partial charge in [-0.2, -0.15) is 0 Å². The summed E-state index contributed by atoms with van der Waals surface area (Å²) in [7, 11) is -3.72. The zero-order chi connectivity index (χ0) is 13.8. The molecule has 0 aliphatic rings. The van der Waals surface area contributed by atoms with Crippen LogP contribution >= 0.6 is 23.2 Å². The summed E-state index contributed by atoms with van der Waals surface area (Å²) in [5, 5.41) is 0.309. The van der Waals surface area contributed by atoms with Crippen LogP contribution in [0.1, 0.15) is 13.3 Å². The zero-order valence-electron chi connectivity index (χ0n) is 9.78. The van der Waals surface area contributed by atoms with E-state index in [-0.39, 0.29) is 22.2 Å². The van der Waals surface area contributed by atoms with E-state index in [1.54, 1.807) is 0 Å². The molecule has 0 aliphatic carbocycles. The molecule has 0 saturated carbocycles. The van der Waals surface area contributed by atoms with Crippen molar-refractivity contribution in [1.29, 1.82) is 0 Å². The van der Waals surface area contributed by atoms with Gasteiger partial charge in [0.15, 0.2) is 0 Å². The van der Waals surface area contributed by atoms with Crippen molar-refractivity contribution in [2.24, 2.45) is 0 Å². The van der Waals surface area contributed by atoms with Crippen LogP contribution in [0.3, 0.4) is 0 Å². The van der Waals surface area contributed by atoms with Crippen LogP contribution in [0, 0.1) is 0 Å². The van der Waals surface area contributed by atoms with Crippen LogP contribution in [0.15, 0.2) is 29.2 Å². The summed E-state index contributed by atoms with van der Waals surface area (Å²) in [6, 6.07) is 2.70. The van der Waals surface area contributed by atoms with Gasteiger partial charge in [-0.05, 0) is 25.5 Å². The van der Waals surface area contributed by atoms with E-state index in [1.165, 1.54) is 12.1 Å². The first-order valence-electron chi connectivity index (χ1n) is 5.24. The SMILES string of the molecule is C/C=C/CCNS(=O)(=O)c1c(N)cc(Cl)cc1Cl. The third kappa shape index (κ3) is 3.88. The van der Waals surface area contributed by atoms with E-state index >= 15 is 0 Å². The summed E-state index contributed by atoms with van der Waals surface area (Å²) in [4.78, 5) is -0.131. The molecule has 0 unspecified atom stereocenters. The van der Waals surface area contributed by atoms with Gasteiger partial charge >= 0.3 is 0 Å². The van der Waals surface area contributed by atoms with Gasteiger partial charge < -0.3 is 5.73 Å². The average molecular weight is 309 g/mol. The van der Waals surface area contributed by atoms with Crippen molar-refractivity contribution in [3.63, 3.8) is 0 Å². The number of nitrogens with two attached hydrogens (primary N) is 1. The quantitative estimate of drug-likeness (QED) is 0.499. The molecule has 3 N–H and O–H groups in total. The maximum Gasteiger partial charge on any atom is 0.244 e. The Morgan fingerprint density at radius 3 is 2.61 bits per heavy atom. The lowest BCUT2D eigenvalue weighted by Crippen LogP contribution is -2.25. The van der Waals surface area contributed by atoms with Gasteiger partial charge in [0.2, 0.25) is 10.0 Å². The number of sulfonamides is 1. The number of nitrogen functional groups attached to an aromatic ring is 1. The molecule has 0 aliphatic heterocycles. The van der Waals surface area contributed by atoms with E-state index in [4.69, 9.17) is 28.9 Å². The van der Waals surface area contributed by atoms with E-state index in [9.17, 15) is 8.42 Å². The number of hydrogen-bond acceptors (Lipinski definition) is 3. The molecule has 0 bridgehead atoms. The minimum atomic E-state index is -3.72. The van der Waals surface area contributed by atoms with Gasteiger partial charge in [0, 0.05) is 11.6 Å². The van der Waals surface area contributed by atoms with Gasteiger partial charge in [0.05, 0.1) is 10.7 Å². The molecule has 0 spiro atoms. The highest BCUT2D eigenvalue weighted by Crippen LogP contribution is 2.30. The highest BCUT2D eigenvalue weighted by atomic mass is 35.5. The Morgan fingerprint density at radius 1 is 1.39 bits per heavy atom. The maximum absolute atomic E-state index is 12.0. The van der Waals surface area contributed by atoms with E-state index in [0.29, 0.717) is 11.4 Å². The van der Waals surface area contributed by atoms with Crippen LogP contribution in [0.4, 0.5) is 5.69 Å². The topological polar surface area (TPSA) is 72.2 Å². The fourth-order valence-corrected chi connectivity index (χ4v) is 3.41. The largest absolute Gasteiger partial charge is 0.398 e. The van der Waals surface area contributed by atoms with E-state index < -0.39 is 10.0 Å². The first-order chi connectivity index (χ1) is 8.38. The first-order valence-corrected chi connectivity index (χ1v) is 7.47. The Hall–Kier alpha value is -0.750. The van der Waals surface area contributed by atoms with Gasteiger partial charge in [0.25, 0.3) is 0 Å². The molecule has 18 heavy (non-hydrogen) atoms. The number of nitrogens with one attached hydrogen (secondary N) is 1. The summed E-state index contributed by atoms with van der Waals surface area (Å²) in [6.45, 7) is 2.15. The highest BCUT2D eigenvalue weighted by Gasteiger charge is 2.21. The van der Waals surface area contributed by atoms with Crippen molar-refractivity contribution in [2.75, 3.05) is 12.3 Å². The summed E-state index contributed by atoms with van der Waals surface area (Å²) >= 11 is 11.6. The fourth-order valence-electron chi connectivity index (χ4n) is 1.38. The van der Waals surface area contributed by atoms with Gasteiger partial charge in [-0.25, -0.2) is 13.1 Å². The standard InChI is InChI=1S/C11H14Cl2N2O2S/c1-2-3-4-5-15-18(16,17)11-9(13)6-8(12)7-10(11)14/h2-3,6-7,15H,4-5,14H2,1H3/b3-2+. The normalized spacial score (nSPS) is 12.2. The number of hydrogen-bond donors (Lipinski definition) is 2. The lowest BCUT2D eigenvalue weighted by Gasteiger charge is -2.10. The second-order valence-corrected chi connectivity index (χ2v) is 6.11. The third-order valence-electron chi connectivity index (χ3n) is 2.14. The van der Waals surface area contributed by atoms with Crippen LogP contribution in [-0.2, 0) is 10.0 Å². The molecule has 0 amide bonds. The van der Waals surface area contributed by atoms with Crippen molar-refractivity contribution in [3.8, 4) is 0 Å². The van der Waals surface area contributed by atoms with E-state index in [1.807, 2.05) is 19.1 Å². The lowest BCUT2D eigenvalue weighted by atomic mass is 10.3. The van der Waals surface area contributed by atoms with Crippen molar-refractivity contribution in [3.05, 3.63) is 34.3 Å². The van der Waals surface area contributed by atoms with Crippen molar-refractivity contribution < 1.29 is 8.42 Å². The molecule has 100 valence electrons. The predicted molar refractivity (Wildman–Crippen MR) is 75.5 cm³/mol. The molecular formula is C11H14Cl2N2O2S. The second-order valence-electron chi connectivity index (χ2n) is 3.56. The molecule has 0 heterocycles. The van der Waals surface area contributed by atoms with Crippen LogP contribution in [0.25, 0.3) is 0 Å².